The standard InChI is InChI=1S/C19H17ClN4O3S/c1-27-15-5-3-2-4-14(15)22-17(25)10-16-18(26)23-19(28-16)24-21-11-12-6-8-13(20)9-7-12/h2-9,11,16H,10H2,1H3,(H,22,25)(H,23,24,26). The maximum Gasteiger partial charge on any atom is 0.240 e. The van der Waals surface area contributed by atoms with Gasteiger partial charge < -0.3 is 15.4 Å². The average Bonchev–Trinajstić information content (AvgIpc) is 3.03. The van der Waals surface area contributed by atoms with Crippen LogP contribution in [0.15, 0.2) is 58.7 Å². The van der Waals surface area contributed by atoms with E-state index in [-0.39, 0.29) is 18.2 Å². The molecule has 3 rings (SSSR count). The van der Waals surface area contributed by atoms with Gasteiger partial charge in [-0.3, -0.25) is 9.59 Å². The number of carbonyl (C=O) groups excluding carboxylic acids is 2. The number of amides is 2. The van der Waals surface area contributed by atoms with Crippen LogP contribution in [0, 0.1) is 0 Å². The Morgan fingerprint density at radius 3 is 2.79 bits per heavy atom. The van der Waals surface area contributed by atoms with E-state index in [2.05, 4.69) is 20.8 Å². The van der Waals surface area contributed by atoms with Crippen LogP contribution in [0.5, 0.6) is 5.75 Å². The molecule has 0 aliphatic carbocycles. The predicted octanol–water partition coefficient (Wildman–Crippen LogP) is 3.30. The number of hydrogen-bond donors (Lipinski definition) is 2. The lowest BCUT2D eigenvalue weighted by atomic mass is 10.2. The second-order valence-electron chi connectivity index (χ2n) is 5.75. The molecular weight excluding hydrogens is 400 g/mol. The highest BCUT2D eigenvalue weighted by Gasteiger charge is 2.32. The minimum absolute atomic E-state index is 0.00840. The van der Waals surface area contributed by atoms with Crippen molar-refractivity contribution >= 4 is 52.2 Å². The summed E-state index contributed by atoms with van der Waals surface area (Å²) in [7, 11) is 1.53. The van der Waals surface area contributed by atoms with Crippen LogP contribution in [-0.2, 0) is 9.59 Å². The number of para-hydroxylation sites is 2. The van der Waals surface area contributed by atoms with Crippen LogP contribution in [-0.4, -0.2) is 35.6 Å². The number of nitrogens with zero attached hydrogens (tertiary/aromatic N) is 2. The number of nitrogens with one attached hydrogen (secondary N) is 2. The first-order chi connectivity index (χ1) is 13.5. The predicted molar refractivity (Wildman–Crippen MR) is 112 cm³/mol. The Morgan fingerprint density at radius 2 is 2.04 bits per heavy atom. The highest BCUT2D eigenvalue weighted by atomic mass is 35.5. The van der Waals surface area contributed by atoms with Crippen molar-refractivity contribution < 1.29 is 14.3 Å². The minimum Gasteiger partial charge on any atom is -0.495 e. The average molecular weight is 417 g/mol. The van der Waals surface area contributed by atoms with Crippen LogP contribution in [0.25, 0.3) is 0 Å². The number of thioether (sulfide) groups is 1. The molecule has 2 aromatic rings. The van der Waals surface area contributed by atoms with Crippen LogP contribution >= 0.6 is 23.4 Å². The topological polar surface area (TPSA) is 92.2 Å². The third-order valence-corrected chi connectivity index (χ3v) is 5.08. The summed E-state index contributed by atoms with van der Waals surface area (Å²) in [6.45, 7) is 0. The van der Waals surface area contributed by atoms with Gasteiger partial charge in [0, 0.05) is 11.4 Å². The Kier molecular flexibility index (Phi) is 6.67. The summed E-state index contributed by atoms with van der Waals surface area (Å²) in [5.74, 6) is -0.0122. The molecule has 1 fully saturated rings. The van der Waals surface area contributed by atoms with Crippen LogP contribution in [0.1, 0.15) is 12.0 Å². The molecule has 1 saturated heterocycles. The minimum atomic E-state index is -0.570. The summed E-state index contributed by atoms with van der Waals surface area (Å²) in [6, 6.07) is 14.2. The molecule has 1 aliphatic rings. The van der Waals surface area contributed by atoms with Gasteiger partial charge >= 0.3 is 0 Å². The van der Waals surface area contributed by atoms with E-state index in [0.717, 1.165) is 5.56 Å². The first kappa shape index (κ1) is 19.9. The molecule has 1 unspecified atom stereocenters. The zero-order valence-electron chi connectivity index (χ0n) is 14.9. The highest BCUT2D eigenvalue weighted by Crippen LogP contribution is 2.26. The molecule has 0 aromatic heterocycles. The van der Waals surface area contributed by atoms with Gasteiger partial charge in [0.05, 0.1) is 19.0 Å². The summed E-state index contributed by atoms with van der Waals surface area (Å²) in [4.78, 5) is 24.4. The van der Waals surface area contributed by atoms with Crippen LogP contribution in [0.4, 0.5) is 5.69 Å². The van der Waals surface area contributed by atoms with Gasteiger partial charge in [-0.15, -0.1) is 5.10 Å². The molecule has 9 heteroatoms. The zero-order valence-corrected chi connectivity index (χ0v) is 16.5. The molecule has 0 spiro atoms. The first-order valence-corrected chi connectivity index (χ1v) is 9.58. The van der Waals surface area contributed by atoms with Crippen LogP contribution in [0.3, 0.4) is 0 Å². The van der Waals surface area contributed by atoms with E-state index in [4.69, 9.17) is 16.3 Å². The molecule has 28 heavy (non-hydrogen) atoms. The number of benzene rings is 2. The van der Waals surface area contributed by atoms with Crippen molar-refractivity contribution in [3.05, 3.63) is 59.1 Å². The molecule has 2 N–H and O–H groups in total. The maximum absolute atomic E-state index is 12.3. The van der Waals surface area contributed by atoms with E-state index < -0.39 is 5.25 Å². The zero-order chi connectivity index (χ0) is 19.9. The van der Waals surface area contributed by atoms with Crippen molar-refractivity contribution in [3.8, 4) is 5.75 Å². The summed E-state index contributed by atoms with van der Waals surface area (Å²) in [5.41, 5.74) is 1.38. The first-order valence-electron chi connectivity index (χ1n) is 8.32. The lowest BCUT2D eigenvalue weighted by molar-refractivity contribution is -0.122. The summed E-state index contributed by atoms with van der Waals surface area (Å²) in [5, 5.41) is 13.8. The Balaban J connectivity index is 1.56. The van der Waals surface area contributed by atoms with Gasteiger partial charge in [-0.1, -0.05) is 47.6 Å². The number of anilines is 1. The SMILES string of the molecule is COc1ccccc1NC(=O)CC1SC(=NN=Cc2ccc(Cl)cc2)NC1=O. The number of rotatable bonds is 6. The van der Waals surface area contributed by atoms with E-state index in [1.165, 1.54) is 18.9 Å². The van der Waals surface area contributed by atoms with E-state index in [1.807, 2.05) is 6.07 Å². The summed E-state index contributed by atoms with van der Waals surface area (Å²) >= 11 is 7.00. The summed E-state index contributed by atoms with van der Waals surface area (Å²) in [6.07, 6.45) is 1.56. The molecule has 1 heterocycles. The molecule has 0 radical (unpaired) electrons. The number of methoxy groups -OCH3 is 1. The van der Waals surface area contributed by atoms with Crippen LogP contribution < -0.4 is 15.4 Å². The molecule has 0 bridgehead atoms. The second-order valence-corrected chi connectivity index (χ2v) is 7.38. The highest BCUT2D eigenvalue weighted by molar-refractivity contribution is 8.15. The summed E-state index contributed by atoms with van der Waals surface area (Å²) < 4.78 is 5.20. The van der Waals surface area contributed by atoms with Crippen LogP contribution in [0.2, 0.25) is 5.02 Å². The maximum atomic E-state index is 12.3. The van der Waals surface area contributed by atoms with Gasteiger partial charge in [0.2, 0.25) is 11.8 Å². The molecule has 1 atom stereocenters. The molecule has 1 aliphatic heterocycles. The fourth-order valence-corrected chi connectivity index (χ4v) is 3.45. The van der Waals surface area contributed by atoms with Crippen molar-refractivity contribution in [2.45, 2.75) is 11.7 Å². The third kappa shape index (κ3) is 5.34. The number of amidine groups is 1. The Labute approximate surface area is 171 Å². The molecule has 2 amide bonds. The Hall–Kier alpha value is -2.84. The second kappa shape index (κ2) is 9.38. The lowest BCUT2D eigenvalue weighted by Gasteiger charge is -2.10. The Morgan fingerprint density at radius 1 is 1.29 bits per heavy atom. The third-order valence-electron chi connectivity index (χ3n) is 3.75. The quantitative estimate of drug-likeness (QED) is 0.558. The number of ether oxygens (including phenoxy) is 1. The normalized spacial score (nSPS) is 17.7. The van der Waals surface area contributed by atoms with Crippen molar-refractivity contribution in [1.82, 2.24) is 5.32 Å². The number of hydrogen-bond acceptors (Lipinski definition) is 6. The Bertz CT molecular complexity index is 931. The molecule has 144 valence electrons. The van der Waals surface area contributed by atoms with E-state index in [1.54, 1.807) is 48.7 Å². The molecule has 7 nitrogen and oxygen atoms in total. The van der Waals surface area contributed by atoms with Crippen molar-refractivity contribution in [2.75, 3.05) is 12.4 Å². The number of carbonyl (C=O) groups is 2. The van der Waals surface area contributed by atoms with Gasteiger partial charge in [0.15, 0.2) is 5.17 Å². The van der Waals surface area contributed by atoms with Gasteiger partial charge in [-0.2, -0.15) is 5.10 Å². The fourth-order valence-electron chi connectivity index (χ4n) is 2.40. The van der Waals surface area contributed by atoms with Gasteiger partial charge in [0.1, 0.15) is 11.0 Å². The fraction of sp³-hybridized carbons (Fsp3) is 0.158. The van der Waals surface area contributed by atoms with E-state index >= 15 is 0 Å². The number of halogens is 1. The van der Waals surface area contributed by atoms with Gasteiger partial charge in [-0.05, 0) is 29.8 Å². The van der Waals surface area contributed by atoms with Gasteiger partial charge in [0.25, 0.3) is 0 Å². The molecule has 0 saturated carbocycles. The lowest BCUT2D eigenvalue weighted by Crippen LogP contribution is -2.28. The largest absolute Gasteiger partial charge is 0.495 e. The van der Waals surface area contributed by atoms with Crippen molar-refractivity contribution in [3.63, 3.8) is 0 Å². The molecule has 2 aromatic carbocycles. The van der Waals surface area contributed by atoms with E-state index in [9.17, 15) is 9.59 Å². The smallest absolute Gasteiger partial charge is 0.240 e. The monoisotopic (exact) mass is 416 g/mol. The van der Waals surface area contributed by atoms with Crippen molar-refractivity contribution in [2.24, 2.45) is 10.2 Å². The van der Waals surface area contributed by atoms with Gasteiger partial charge in [-0.25, -0.2) is 0 Å². The van der Waals surface area contributed by atoms with Crippen molar-refractivity contribution in [1.29, 1.82) is 0 Å². The van der Waals surface area contributed by atoms with E-state index in [0.29, 0.717) is 21.6 Å². The molecular formula is C19H17ClN4O3S.